The summed E-state index contributed by atoms with van der Waals surface area (Å²) in [4.78, 5) is 3.93. The van der Waals surface area contributed by atoms with Gasteiger partial charge in [-0.15, -0.1) is 0 Å². The fourth-order valence-electron chi connectivity index (χ4n) is 1.15. The molecular weight excluding hydrogens is 204 g/mol. The lowest BCUT2D eigenvalue weighted by Gasteiger charge is -2.09. The number of imidazole rings is 1. The molecule has 0 bridgehead atoms. The Morgan fingerprint density at radius 3 is 2.71 bits per heavy atom. The van der Waals surface area contributed by atoms with Crippen LogP contribution in [0.5, 0.6) is 0 Å². The summed E-state index contributed by atoms with van der Waals surface area (Å²) >= 11 is 0. The number of aromatic nitrogens is 2. The van der Waals surface area contributed by atoms with Crippen LogP contribution in [0.4, 0.5) is 0 Å². The fourth-order valence-corrected chi connectivity index (χ4v) is 1.80. The first kappa shape index (κ1) is 11.2. The average molecular weight is 218 g/mol. The molecular formula is C8H14N2O3S. The number of sulfone groups is 1. The first-order valence-electron chi connectivity index (χ1n) is 4.23. The highest BCUT2D eigenvalue weighted by Gasteiger charge is 2.14. The van der Waals surface area contributed by atoms with Crippen LogP contribution in [0.2, 0.25) is 0 Å². The molecule has 0 spiro atoms. The topological polar surface area (TPSA) is 72.2 Å². The third-order valence-electron chi connectivity index (χ3n) is 1.92. The number of aryl methyl sites for hydroxylation is 1. The van der Waals surface area contributed by atoms with Gasteiger partial charge in [-0.1, -0.05) is 0 Å². The normalized spacial score (nSPS) is 14.2. The molecule has 0 radical (unpaired) electrons. The first-order chi connectivity index (χ1) is 6.40. The van der Waals surface area contributed by atoms with Gasteiger partial charge in [-0.05, 0) is 6.42 Å². The molecule has 1 unspecified atom stereocenters. The quantitative estimate of drug-likeness (QED) is 0.765. The maximum atomic E-state index is 10.9. The van der Waals surface area contributed by atoms with Crippen molar-refractivity contribution >= 4 is 9.84 Å². The van der Waals surface area contributed by atoms with E-state index in [0.29, 0.717) is 5.82 Å². The largest absolute Gasteiger partial charge is 0.385 e. The summed E-state index contributed by atoms with van der Waals surface area (Å²) in [6.45, 7) is 0. The van der Waals surface area contributed by atoms with Crippen molar-refractivity contribution in [1.29, 1.82) is 0 Å². The SMILES string of the molecule is Cn1ccnc1C(O)CCS(C)(=O)=O. The van der Waals surface area contributed by atoms with Crippen LogP contribution in [0.1, 0.15) is 18.3 Å². The number of rotatable bonds is 4. The third-order valence-corrected chi connectivity index (χ3v) is 2.90. The van der Waals surface area contributed by atoms with E-state index in [4.69, 9.17) is 0 Å². The summed E-state index contributed by atoms with van der Waals surface area (Å²) in [5, 5.41) is 9.61. The van der Waals surface area contributed by atoms with Crippen LogP contribution < -0.4 is 0 Å². The third kappa shape index (κ3) is 3.12. The Morgan fingerprint density at radius 2 is 2.29 bits per heavy atom. The van der Waals surface area contributed by atoms with E-state index in [0.717, 1.165) is 6.26 Å². The van der Waals surface area contributed by atoms with Crippen LogP contribution in [-0.4, -0.2) is 35.1 Å². The number of aliphatic hydroxyl groups excluding tert-OH is 1. The summed E-state index contributed by atoms with van der Waals surface area (Å²) in [6, 6.07) is 0. The van der Waals surface area contributed by atoms with Crippen LogP contribution in [0.15, 0.2) is 12.4 Å². The summed E-state index contributed by atoms with van der Waals surface area (Å²) in [5.41, 5.74) is 0. The molecule has 14 heavy (non-hydrogen) atoms. The second-order valence-electron chi connectivity index (χ2n) is 3.33. The summed E-state index contributed by atoms with van der Waals surface area (Å²) in [7, 11) is -1.26. The molecule has 1 aromatic heterocycles. The Labute approximate surface area is 83.3 Å². The van der Waals surface area contributed by atoms with E-state index >= 15 is 0 Å². The van der Waals surface area contributed by atoms with Crippen LogP contribution in [0.3, 0.4) is 0 Å². The minimum absolute atomic E-state index is 0.0268. The Balaban J connectivity index is 2.60. The Hall–Kier alpha value is -0.880. The van der Waals surface area contributed by atoms with E-state index in [2.05, 4.69) is 4.98 Å². The molecule has 0 saturated heterocycles. The van der Waals surface area contributed by atoms with Gasteiger partial charge in [0, 0.05) is 25.7 Å². The second-order valence-corrected chi connectivity index (χ2v) is 5.59. The van der Waals surface area contributed by atoms with Gasteiger partial charge in [0.15, 0.2) is 0 Å². The lowest BCUT2D eigenvalue weighted by molar-refractivity contribution is 0.161. The van der Waals surface area contributed by atoms with E-state index in [1.807, 2.05) is 0 Å². The number of nitrogens with zero attached hydrogens (tertiary/aromatic N) is 2. The highest BCUT2D eigenvalue weighted by molar-refractivity contribution is 7.90. The van der Waals surface area contributed by atoms with E-state index < -0.39 is 15.9 Å². The molecule has 0 aromatic carbocycles. The lowest BCUT2D eigenvalue weighted by Crippen LogP contribution is -2.11. The molecule has 0 amide bonds. The summed E-state index contributed by atoms with van der Waals surface area (Å²) in [6.07, 6.45) is 3.80. The van der Waals surface area contributed by atoms with Crippen molar-refractivity contribution in [2.24, 2.45) is 7.05 Å². The molecule has 0 saturated carbocycles. The van der Waals surface area contributed by atoms with Crippen LogP contribution >= 0.6 is 0 Å². The lowest BCUT2D eigenvalue weighted by atomic mass is 10.2. The zero-order chi connectivity index (χ0) is 10.8. The molecule has 0 aliphatic heterocycles. The number of hydrogen-bond donors (Lipinski definition) is 1. The molecule has 0 aliphatic carbocycles. The number of aliphatic hydroxyl groups is 1. The van der Waals surface area contributed by atoms with Gasteiger partial charge in [0.2, 0.25) is 0 Å². The predicted molar refractivity (Wildman–Crippen MR) is 52.5 cm³/mol. The monoisotopic (exact) mass is 218 g/mol. The van der Waals surface area contributed by atoms with Crippen molar-refractivity contribution in [3.63, 3.8) is 0 Å². The van der Waals surface area contributed by atoms with Gasteiger partial charge in [0.05, 0.1) is 5.75 Å². The van der Waals surface area contributed by atoms with Crippen LogP contribution in [0, 0.1) is 0 Å². The molecule has 1 N–H and O–H groups in total. The van der Waals surface area contributed by atoms with Gasteiger partial charge in [0.1, 0.15) is 21.8 Å². The van der Waals surface area contributed by atoms with Gasteiger partial charge in [-0.2, -0.15) is 0 Å². The Kier molecular flexibility index (Phi) is 3.28. The van der Waals surface area contributed by atoms with E-state index in [1.54, 1.807) is 24.0 Å². The van der Waals surface area contributed by atoms with Crippen molar-refractivity contribution in [3.8, 4) is 0 Å². The molecule has 0 fully saturated rings. The average Bonchev–Trinajstić information content (AvgIpc) is 2.46. The molecule has 1 atom stereocenters. The van der Waals surface area contributed by atoms with Gasteiger partial charge in [-0.3, -0.25) is 0 Å². The van der Waals surface area contributed by atoms with Crippen molar-refractivity contribution < 1.29 is 13.5 Å². The second kappa shape index (κ2) is 4.10. The van der Waals surface area contributed by atoms with Crippen molar-refractivity contribution in [2.75, 3.05) is 12.0 Å². The Bertz CT molecular complexity index is 396. The van der Waals surface area contributed by atoms with Gasteiger partial charge >= 0.3 is 0 Å². The van der Waals surface area contributed by atoms with Crippen molar-refractivity contribution in [2.45, 2.75) is 12.5 Å². The highest BCUT2D eigenvalue weighted by Crippen LogP contribution is 2.14. The van der Waals surface area contributed by atoms with Crippen molar-refractivity contribution in [3.05, 3.63) is 18.2 Å². The molecule has 5 nitrogen and oxygen atoms in total. The van der Waals surface area contributed by atoms with Gasteiger partial charge < -0.3 is 9.67 Å². The van der Waals surface area contributed by atoms with E-state index in [9.17, 15) is 13.5 Å². The molecule has 1 aromatic rings. The molecule has 80 valence electrons. The van der Waals surface area contributed by atoms with Gasteiger partial charge in [0.25, 0.3) is 0 Å². The maximum absolute atomic E-state index is 10.9. The van der Waals surface area contributed by atoms with Gasteiger partial charge in [-0.25, -0.2) is 13.4 Å². The van der Waals surface area contributed by atoms with Crippen molar-refractivity contribution in [1.82, 2.24) is 9.55 Å². The fraction of sp³-hybridized carbons (Fsp3) is 0.625. The minimum atomic E-state index is -3.02. The molecule has 1 heterocycles. The molecule has 1 rings (SSSR count). The van der Waals surface area contributed by atoms with Crippen LogP contribution in [-0.2, 0) is 16.9 Å². The highest BCUT2D eigenvalue weighted by atomic mass is 32.2. The smallest absolute Gasteiger partial charge is 0.147 e. The van der Waals surface area contributed by atoms with E-state index in [-0.39, 0.29) is 12.2 Å². The number of hydrogen-bond acceptors (Lipinski definition) is 4. The maximum Gasteiger partial charge on any atom is 0.147 e. The zero-order valence-electron chi connectivity index (χ0n) is 8.21. The molecule has 0 aliphatic rings. The standard InChI is InChI=1S/C8H14N2O3S/c1-10-5-4-9-8(10)7(11)3-6-14(2,12)13/h4-5,7,11H,3,6H2,1-2H3. The minimum Gasteiger partial charge on any atom is -0.385 e. The zero-order valence-corrected chi connectivity index (χ0v) is 9.03. The summed E-state index contributed by atoms with van der Waals surface area (Å²) < 4.78 is 23.4. The van der Waals surface area contributed by atoms with Crippen LogP contribution in [0.25, 0.3) is 0 Å². The van der Waals surface area contributed by atoms with E-state index in [1.165, 1.54) is 0 Å². The Morgan fingerprint density at radius 1 is 1.64 bits per heavy atom. The first-order valence-corrected chi connectivity index (χ1v) is 6.29. The predicted octanol–water partition coefficient (Wildman–Crippen LogP) is -0.112. The summed E-state index contributed by atoms with van der Waals surface area (Å²) in [5.74, 6) is 0.467. The molecule has 6 heteroatoms.